The molecule has 2 aromatic carbocycles. The predicted molar refractivity (Wildman–Crippen MR) is 116 cm³/mol. The molecule has 5 aromatic rings. The van der Waals surface area contributed by atoms with Crippen molar-refractivity contribution in [3.05, 3.63) is 88.7 Å². The van der Waals surface area contributed by atoms with Gasteiger partial charge in [0.05, 0.1) is 10.6 Å². The molecule has 4 nitrogen and oxygen atoms in total. The first kappa shape index (κ1) is 16.9. The Morgan fingerprint density at radius 1 is 0.893 bits per heavy atom. The number of hydrogen-bond donors (Lipinski definition) is 1. The Morgan fingerprint density at radius 2 is 1.71 bits per heavy atom. The highest BCUT2D eigenvalue weighted by molar-refractivity contribution is 7.15. The summed E-state index contributed by atoms with van der Waals surface area (Å²) in [6.45, 7) is 0. The zero-order chi connectivity index (χ0) is 18.9. The lowest BCUT2D eigenvalue weighted by Gasteiger charge is -2.07. The summed E-state index contributed by atoms with van der Waals surface area (Å²) in [6, 6.07) is 19.7. The number of carbonyl (C=O) groups excluding carboxylic acids is 1. The van der Waals surface area contributed by atoms with Crippen molar-refractivity contribution in [2.75, 3.05) is 5.32 Å². The molecule has 0 radical (unpaired) electrons. The molecular formula is C22H15N3OS2. The van der Waals surface area contributed by atoms with E-state index in [0.717, 1.165) is 33.0 Å². The lowest BCUT2D eigenvalue weighted by molar-refractivity contribution is 0.103. The normalized spacial score (nSPS) is 11.0. The van der Waals surface area contributed by atoms with E-state index in [1.54, 1.807) is 11.3 Å². The van der Waals surface area contributed by atoms with Gasteiger partial charge in [-0.15, -0.1) is 22.7 Å². The van der Waals surface area contributed by atoms with Crippen LogP contribution in [0.1, 0.15) is 9.67 Å². The van der Waals surface area contributed by atoms with Crippen molar-refractivity contribution in [1.29, 1.82) is 0 Å². The highest BCUT2D eigenvalue weighted by atomic mass is 32.1. The fourth-order valence-corrected chi connectivity index (χ4v) is 4.62. The smallest absolute Gasteiger partial charge is 0.266 e. The molecule has 0 saturated heterocycles. The molecule has 1 N–H and O–H groups in total. The molecule has 0 saturated carbocycles. The summed E-state index contributed by atoms with van der Waals surface area (Å²) in [7, 11) is 0. The average Bonchev–Trinajstić information content (AvgIpc) is 3.45. The highest BCUT2D eigenvalue weighted by Crippen LogP contribution is 2.29. The number of imidazole rings is 1. The van der Waals surface area contributed by atoms with Gasteiger partial charge >= 0.3 is 0 Å². The third kappa shape index (κ3) is 3.13. The van der Waals surface area contributed by atoms with Gasteiger partial charge in [0.1, 0.15) is 0 Å². The minimum absolute atomic E-state index is 0.0934. The maximum Gasteiger partial charge on any atom is 0.266 e. The number of fused-ring (bicyclic) bond motifs is 1. The second kappa shape index (κ2) is 7.07. The van der Waals surface area contributed by atoms with Crippen LogP contribution in [0.15, 0.2) is 83.8 Å². The molecule has 5 rings (SSSR count). The van der Waals surface area contributed by atoms with E-state index in [4.69, 9.17) is 0 Å². The van der Waals surface area contributed by atoms with Crippen LogP contribution in [0.3, 0.4) is 0 Å². The third-order valence-corrected chi connectivity index (χ3v) is 6.17. The van der Waals surface area contributed by atoms with Crippen LogP contribution in [0.25, 0.3) is 27.3 Å². The molecule has 0 aliphatic rings. The van der Waals surface area contributed by atoms with E-state index in [1.165, 1.54) is 11.3 Å². The molecule has 0 aliphatic carbocycles. The summed E-state index contributed by atoms with van der Waals surface area (Å²) < 4.78 is 2.01. The summed E-state index contributed by atoms with van der Waals surface area (Å²) in [6.07, 6.45) is 4.01. The molecule has 0 bridgehead atoms. The monoisotopic (exact) mass is 401 g/mol. The Kier molecular flexibility index (Phi) is 4.27. The highest BCUT2D eigenvalue weighted by Gasteiger charge is 2.15. The molecule has 0 spiro atoms. The van der Waals surface area contributed by atoms with Gasteiger partial charge in [-0.05, 0) is 29.1 Å². The topological polar surface area (TPSA) is 46.4 Å². The van der Waals surface area contributed by atoms with Gasteiger partial charge in [-0.1, -0.05) is 42.5 Å². The van der Waals surface area contributed by atoms with Crippen LogP contribution in [0.2, 0.25) is 0 Å². The van der Waals surface area contributed by atoms with Crippen molar-refractivity contribution in [3.63, 3.8) is 0 Å². The quantitative estimate of drug-likeness (QED) is 0.399. The molecular weight excluding hydrogens is 386 g/mol. The van der Waals surface area contributed by atoms with Gasteiger partial charge in [0, 0.05) is 34.6 Å². The molecule has 1 amide bonds. The molecule has 0 aliphatic heterocycles. The minimum Gasteiger partial charge on any atom is -0.321 e. The Labute approximate surface area is 169 Å². The Bertz CT molecular complexity index is 1220. The largest absolute Gasteiger partial charge is 0.321 e. The zero-order valence-corrected chi connectivity index (χ0v) is 16.3. The number of anilines is 1. The van der Waals surface area contributed by atoms with Crippen LogP contribution in [-0.2, 0) is 0 Å². The lowest BCUT2D eigenvalue weighted by Crippen LogP contribution is -2.11. The Hall–Kier alpha value is -3.22. The molecule has 0 fully saturated rings. The number of amides is 1. The van der Waals surface area contributed by atoms with E-state index in [9.17, 15) is 4.79 Å². The first-order valence-electron chi connectivity index (χ1n) is 8.75. The van der Waals surface area contributed by atoms with Crippen molar-refractivity contribution >= 4 is 39.2 Å². The molecule has 136 valence electrons. The molecule has 0 unspecified atom stereocenters. The van der Waals surface area contributed by atoms with Crippen LogP contribution in [-0.4, -0.2) is 15.3 Å². The summed E-state index contributed by atoms with van der Waals surface area (Å²) in [5.41, 5.74) is 4.72. The van der Waals surface area contributed by atoms with Gasteiger partial charge in [-0.3, -0.25) is 9.20 Å². The fraction of sp³-hybridized carbons (Fsp3) is 0. The van der Waals surface area contributed by atoms with Crippen LogP contribution < -0.4 is 5.32 Å². The first-order chi connectivity index (χ1) is 13.8. The van der Waals surface area contributed by atoms with Gasteiger partial charge < -0.3 is 5.32 Å². The number of thiophene rings is 1. The predicted octanol–water partition coefficient (Wildman–Crippen LogP) is 6.04. The second-order valence-electron chi connectivity index (χ2n) is 6.28. The lowest BCUT2D eigenvalue weighted by atomic mass is 10.1. The number of thiazole rings is 1. The van der Waals surface area contributed by atoms with Crippen LogP contribution in [0, 0.1) is 0 Å². The van der Waals surface area contributed by atoms with Crippen molar-refractivity contribution in [2.45, 2.75) is 0 Å². The van der Waals surface area contributed by atoms with Crippen molar-refractivity contribution in [3.8, 4) is 22.4 Å². The van der Waals surface area contributed by atoms with Crippen molar-refractivity contribution in [2.24, 2.45) is 0 Å². The van der Waals surface area contributed by atoms with E-state index in [-0.39, 0.29) is 5.91 Å². The molecule has 0 atom stereocenters. The van der Waals surface area contributed by atoms with Gasteiger partial charge in [0.25, 0.3) is 5.91 Å². The SMILES string of the molecule is O=C(Nc1ccc(-c2cn3ccsc3n2)cc1)c1sccc1-c1ccccc1. The number of benzene rings is 2. The van der Waals surface area contributed by atoms with Crippen LogP contribution in [0.4, 0.5) is 5.69 Å². The van der Waals surface area contributed by atoms with E-state index in [1.807, 2.05) is 88.2 Å². The van der Waals surface area contributed by atoms with E-state index >= 15 is 0 Å². The average molecular weight is 402 g/mol. The van der Waals surface area contributed by atoms with Crippen molar-refractivity contribution < 1.29 is 4.79 Å². The first-order valence-corrected chi connectivity index (χ1v) is 10.5. The van der Waals surface area contributed by atoms with Gasteiger partial charge in [-0.25, -0.2) is 4.98 Å². The van der Waals surface area contributed by atoms with Crippen molar-refractivity contribution in [1.82, 2.24) is 9.38 Å². The van der Waals surface area contributed by atoms with E-state index in [0.29, 0.717) is 4.88 Å². The third-order valence-electron chi connectivity index (χ3n) is 4.49. The second-order valence-corrected chi connectivity index (χ2v) is 8.07. The number of hydrogen-bond acceptors (Lipinski definition) is 4. The summed E-state index contributed by atoms with van der Waals surface area (Å²) >= 11 is 3.06. The summed E-state index contributed by atoms with van der Waals surface area (Å²) in [5, 5.41) is 6.96. The number of nitrogens with zero attached hydrogens (tertiary/aromatic N) is 2. The molecule has 28 heavy (non-hydrogen) atoms. The Morgan fingerprint density at radius 3 is 2.50 bits per heavy atom. The maximum atomic E-state index is 12.8. The van der Waals surface area contributed by atoms with Gasteiger partial charge in [0.15, 0.2) is 4.96 Å². The van der Waals surface area contributed by atoms with E-state index < -0.39 is 0 Å². The fourth-order valence-electron chi connectivity index (χ4n) is 3.11. The molecule has 3 aromatic heterocycles. The summed E-state index contributed by atoms with van der Waals surface area (Å²) in [4.78, 5) is 19.1. The number of rotatable bonds is 4. The van der Waals surface area contributed by atoms with Crippen LogP contribution in [0.5, 0.6) is 0 Å². The molecule has 6 heteroatoms. The standard InChI is InChI=1S/C22H15N3OS2/c26-21(20-18(10-12-27-20)15-4-2-1-3-5-15)23-17-8-6-16(7-9-17)19-14-25-11-13-28-22(25)24-19/h1-14H,(H,23,26). The van der Waals surface area contributed by atoms with E-state index in [2.05, 4.69) is 10.3 Å². The van der Waals surface area contributed by atoms with Gasteiger partial charge in [-0.2, -0.15) is 0 Å². The number of nitrogens with one attached hydrogen (secondary N) is 1. The van der Waals surface area contributed by atoms with Gasteiger partial charge in [0.2, 0.25) is 0 Å². The number of aromatic nitrogens is 2. The maximum absolute atomic E-state index is 12.8. The molecule has 3 heterocycles. The summed E-state index contributed by atoms with van der Waals surface area (Å²) in [5.74, 6) is -0.0934. The minimum atomic E-state index is -0.0934. The number of carbonyl (C=O) groups is 1. The van der Waals surface area contributed by atoms with Crippen LogP contribution >= 0.6 is 22.7 Å². The zero-order valence-electron chi connectivity index (χ0n) is 14.7. The Balaban J connectivity index is 1.36.